The third kappa shape index (κ3) is 2.28. The van der Waals surface area contributed by atoms with E-state index in [0.717, 1.165) is 28.9 Å². The third-order valence-corrected chi connectivity index (χ3v) is 2.55. The normalized spacial score (nSPS) is 10.2. The van der Waals surface area contributed by atoms with Crippen molar-refractivity contribution in [3.63, 3.8) is 0 Å². The Morgan fingerprint density at radius 1 is 1.20 bits per heavy atom. The predicted molar refractivity (Wildman–Crippen MR) is 60.4 cm³/mol. The Kier molecular flexibility index (Phi) is 2.88. The van der Waals surface area contributed by atoms with E-state index in [1.807, 2.05) is 30.5 Å². The molecule has 0 saturated heterocycles. The summed E-state index contributed by atoms with van der Waals surface area (Å²) in [5.74, 6) is 0. The first kappa shape index (κ1) is 9.99. The van der Waals surface area contributed by atoms with Crippen LogP contribution in [0.4, 0.5) is 0 Å². The number of nitrogens with one attached hydrogen (secondary N) is 1. The average Bonchev–Trinajstić information content (AvgIpc) is 2.69. The van der Waals surface area contributed by atoms with Crippen LogP contribution in [0.25, 0.3) is 0 Å². The maximum Gasteiger partial charge on any atom is 0.151 e. The first-order valence-corrected chi connectivity index (χ1v) is 5.02. The van der Waals surface area contributed by atoms with Crippen molar-refractivity contribution >= 4 is 17.9 Å². The lowest BCUT2D eigenvalue weighted by molar-refractivity contribution is 0.112. The highest BCUT2D eigenvalue weighted by Gasteiger charge is 2.03. The number of halogens is 1. The molecule has 0 radical (unpaired) electrons. The van der Waals surface area contributed by atoms with E-state index in [1.54, 1.807) is 6.20 Å². The lowest BCUT2D eigenvalue weighted by Crippen LogP contribution is -1.89. The van der Waals surface area contributed by atoms with Gasteiger partial charge in [0.25, 0.3) is 0 Å². The summed E-state index contributed by atoms with van der Waals surface area (Å²) in [7, 11) is 0. The van der Waals surface area contributed by atoms with E-state index in [0.29, 0.717) is 5.56 Å². The minimum Gasteiger partial charge on any atom is -0.367 e. The average molecular weight is 220 g/mol. The molecule has 0 spiro atoms. The molecule has 76 valence electrons. The van der Waals surface area contributed by atoms with Crippen LogP contribution in [-0.4, -0.2) is 11.3 Å². The molecular weight excluding hydrogens is 210 g/mol. The summed E-state index contributed by atoms with van der Waals surface area (Å²) in [6.45, 7) is 0. The number of rotatable bonds is 3. The van der Waals surface area contributed by atoms with Crippen molar-refractivity contribution in [3.05, 3.63) is 58.4 Å². The van der Waals surface area contributed by atoms with Crippen LogP contribution in [0.1, 0.15) is 21.5 Å². The molecule has 0 fully saturated rings. The number of benzene rings is 1. The largest absolute Gasteiger partial charge is 0.367 e. The van der Waals surface area contributed by atoms with Gasteiger partial charge in [-0.15, -0.1) is 0 Å². The molecule has 1 aromatic heterocycles. The van der Waals surface area contributed by atoms with Crippen LogP contribution < -0.4 is 0 Å². The Labute approximate surface area is 92.9 Å². The molecule has 0 atom stereocenters. The molecule has 0 saturated carbocycles. The molecule has 0 bridgehead atoms. The minimum atomic E-state index is 0.713. The van der Waals surface area contributed by atoms with E-state index in [1.165, 1.54) is 0 Å². The molecule has 2 aromatic rings. The SMILES string of the molecule is O=Cc1c[nH]cc1Cc1ccc(Cl)cc1. The quantitative estimate of drug-likeness (QED) is 0.791. The highest BCUT2D eigenvalue weighted by Crippen LogP contribution is 2.15. The zero-order chi connectivity index (χ0) is 10.7. The summed E-state index contributed by atoms with van der Waals surface area (Å²) < 4.78 is 0. The molecule has 0 unspecified atom stereocenters. The van der Waals surface area contributed by atoms with Crippen molar-refractivity contribution in [2.24, 2.45) is 0 Å². The van der Waals surface area contributed by atoms with Gasteiger partial charge in [0.05, 0.1) is 0 Å². The van der Waals surface area contributed by atoms with Crippen LogP contribution in [0.2, 0.25) is 5.02 Å². The zero-order valence-corrected chi connectivity index (χ0v) is 8.79. The fraction of sp³-hybridized carbons (Fsp3) is 0.0833. The molecule has 0 amide bonds. The monoisotopic (exact) mass is 219 g/mol. The van der Waals surface area contributed by atoms with Gasteiger partial charge in [-0.3, -0.25) is 4.79 Å². The minimum absolute atomic E-state index is 0.713. The van der Waals surface area contributed by atoms with Gasteiger partial charge in [0.15, 0.2) is 6.29 Å². The third-order valence-electron chi connectivity index (χ3n) is 2.30. The molecule has 1 aromatic carbocycles. The number of H-pyrrole nitrogens is 1. The second-order valence-electron chi connectivity index (χ2n) is 3.36. The number of hydrogen-bond acceptors (Lipinski definition) is 1. The van der Waals surface area contributed by atoms with Crippen molar-refractivity contribution < 1.29 is 4.79 Å². The molecule has 0 aliphatic rings. The number of carbonyl (C=O) groups is 1. The van der Waals surface area contributed by atoms with Crippen molar-refractivity contribution in [2.75, 3.05) is 0 Å². The van der Waals surface area contributed by atoms with Gasteiger partial charge in [-0.2, -0.15) is 0 Å². The Bertz CT molecular complexity index is 459. The summed E-state index contributed by atoms with van der Waals surface area (Å²) in [6, 6.07) is 7.63. The van der Waals surface area contributed by atoms with Gasteiger partial charge in [0, 0.05) is 23.0 Å². The van der Waals surface area contributed by atoms with Crippen LogP contribution in [0.15, 0.2) is 36.7 Å². The number of carbonyl (C=O) groups excluding carboxylic acids is 1. The molecule has 2 rings (SSSR count). The Morgan fingerprint density at radius 2 is 1.93 bits per heavy atom. The maximum atomic E-state index is 10.7. The topological polar surface area (TPSA) is 32.9 Å². The first-order valence-electron chi connectivity index (χ1n) is 4.65. The second kappa shape index (κ2) is 4.32. The molecule has 0 aliphatic heterocycles. The van der Waals surface area contributed by atoms with Crippen LogP contribution >= 0.6 is 11.6 Å². The summed E-state index contributed by atoms with van der Waals surface area (Å²) in [5.41, 5.74) is 2.86. The van der Waals surface area contributed by atoms with Crippen LogP contribution in [-0.2, 0) is 6.42 Å². The van der Waals surface area contributed by atoms with Gasteiger partial charge in [-0.05, 0) is 29.7 Å². The van der Waals surface area contributed by atoms with Crippen molar-refractivity contribution in [1.29, 1.82) is 0 Å². The fourth-order valence-electron chi connectivity index (χ4n) is 1.49. The molecule has 0 aliphatic carbocycles. The van der Waals surface area contributed by atoms with E-state index in [4.69, 9.17) is 11.6 Å². The highest BCUT2D eigenvalue weighted by molar-refractivity contribution is 6.30. The first-order chi connectivity index (χ1) is 7.29. The molecule has 15 heavy (non-hydrogen) atoms. The van der Waals surface area contributed by atoms with E-state index in [2.05, 4.69) is 4.98 Å². The van der Waals surface area contributed by atoms with Gasteiger partial charge < -0.3 is 4.98 Å². The molecule has 1 N–H and O–H groups in total. The summed E-state index contributed by atoms with van der Waals surface area (Å²) in [4.78, 5) is 13.6. The number of hydrogen-bond donors (Lipinski definition) is 1. The molecule has 3 heteroatoms. The van der Waals surface area contributed by atoms with Crippen LogP contribution in [0.5, 0.6) is 0 Å². The van der Waals surface area contributed by atoms with Gasteiger partial charge >= 0.3 is 0 Å². The van der Waals surface area contributed by atoms with E-state index in [9.17, 15) is 4.79 Å². The Balaban J connectivity index is 2.21. The van der Waals surface area contributed by atoms with Gasteiger partial charge in [-0.1, -0.05) is 23.7 Å². The molecule has 1 heterocycles. The highest BCUT2D eigenvalue weighted by atomic mass is 35.5. The van der Waals surface area contributed by atoms with Gasteiger partial charge in [-0.25, -0.2) is 0 Å². The van der Waals surface area contributed by atoms with E-state index in [-0.39, 0.29) is 0 Å². The van der Waals surface area contributed by atoms with Gasteiger partial charge in [0.1, 0.15) is 0 Å². The van der Waals surface area contributed by atoms with Crippen molar-refractivity contribution in [2.45, 2.75) is 6.42 Å². The fourth-order valence-corrected chi connectivity index (χ4v) is 1.62. The van der Waals surface area contributed by atoms with Crippen LogP contribution in [0.3, 0.4) is 0 Å². The number of aromatic amines is 1. The summed E-state index contributed by atoms with van der Waals surface area (Å²) in [5, 5.41) is 0.725. The molecule has 2 nitrogen and oxygen atoms in total. The number of aromatic nitrogens is 1. The molecular formula is C12H10ClNO. The second-order valence-corrected chi connectivity index (χ2v) is 3.79. The van der Waals surface area contributed by atoms with E-state index >= 15 is 0 Å². The van der Waals surface area contributed by atoms with Crippen molar-refractivity contribution in [3.8, 4) is 0 Å². The Morgan fingerprint density at radius 3 is 2.60 bits per heavy atom. The maximum absolute atomic E-state index is 10.7. The zero-order valence-electron chi connectivity index (χ0n) is 8.03. The van der Waals surface area contributed by atoms with Crippen molar-refractivity contribution in [1.82, 2.24) is 4.98 Å². The standard InChI is InChI=1S/C12H10ClNO/c13-12-3-1-9(2-4-12)5-10-6-14-7-11(10)8-15/h1-4,6-8,14H,5H2. The Hall–Kier alpha value is -1.54. The number of aldehydes is 1. The lowest BCUT2D eigenvalue weighted by Gasteiger charge is -2.00. The van der Waals surface area contributed by atoms with E-state index < -0.39 is 0 Å². The lowest BCUT2D eigenvalue weighted by atomic mass is 10.1. The predicted octanol–water partition coefficient (Wildman–Crippen LogP) is 3.07. The smallest absolute Gasteiger partial charge is 0.151 e. The summed E-state index contributed by atoms with van der Waals surface area (Å²) >= 11 is 5.79. The van der Waals surface area contributed by atoms with Gasteiger partial charge in [0.2, 0.25) is 0 Å². The summed E-state index contributed by atoms with van der Waals surface area (Å²) in [6.07, 6.45) is 5.16. The van der Waals surface area contributed by atoms with Crippen LogP contribution in [0, 0.1) is 0 Å².